The molecule has 0 unspecified atom stereocenters. The van der Waals surface area contributed by atoms with Crippen LogP contribution in [0.2, 0.25) is 0 Å². The zero-order valence-corrected chi connectivity index (χ0v) is 20.4. The monoisotopic (exact) mass is 482 g/mol. The molecule has 36 heavy (non-hydrogen) atoms. The first kappa shape index (κ1) is 23.6. The number of nitrogens with one attached hydrogen (secondary N) is 1. The lowest BCUT2D eigenvalue weighted by atomic mass is 9.85. The molecule has 2 fully saturated rings. The molecular formula is C29H30N4O3. The van der Waals surface area contributed by atoms with Crippen LogP contribution >= 0.6 is 0 Å². The maximum atomic E-state index is 13.9. The Morgan fingerprint density at radius 3 is 2.22 bits per heavy atom. The largest absolute Gasteiger partial charge is 0.339 e. The number of amides is 3. The molecule has 2 aliphatic heterocycles. The topological polar surface area (TPSA) is 73.0 Å². The lowest BCUT2D eigenvalue weighted by Crippen LogP contribution is -2.57. The van der Waals surface area contributed by atoms with Crippen molar-refractivity contribution >= 4 is 29.1 Å². The van der Waals surface area contributed by atoms with Crippen LogP contribution < -0.4 is 10.2 Å². The zero-order valence-electron chi connectivity index (χ0n) is 20.4. The van der Waals surface area contributed by atoms with Gasteiger partial charge in [0, 0.05) is 30.0 Å². The lowest BCUT2D eigenvalue weighted by molar-refractivity contribution is -0.136. The van der Waals surface area contributed by atoms with Crippen LogP contribution in [0.3, 0.4) is 0 Å². The molecule has 7 heteroatoms. The second-order valence-electron chi connectivity index (χ2n) is 9.52. The van der Waals surface area contributed by atoms with E-state index in [0.717, 1.165) is 11.3 Å². The average Bonchev–Trinajstić information content (AvgIpc) is 3.16. The number of hydrogen-bond acceptors (Lipinski definition) is 4. The summed E-state index contributed by atoms with van der Waals surface area (Å²) in [6, 6.07) is 26.7. The van der Waals surface area contributed by atoms with Gasteiger partial charge in [-0.05, 0) is 61.7 Å². The molecule has 184 valence electrons. The molecule has 1 spiro atoms. The van der Waals surface area contributed by atoms with E-state index in [2.05, 4.69) is 10.2 Å². The Hall–Kier alpha value is -4.13. The zero-order chi connectivity index (χ0) is 25.1. The van der Waals surface area contributed by atoms with Gasteiger partial charge in [0.25, 0.3) is 11.8 Å². The fraction of sp³-hybridized carbons (Fsp3) is 0.276. The highest BCUT2D eigenvalue weighted by molar-refractivity contribution is 6.00. The molecule has 2 aliphatic rings. The molecule has 1 N–H and O–H groups in total. The minimum atomic E-state index is -0.779. The van der Waals surface area contributed by atoms with Gasteiger partial charge >= 0.3 is 0 Å². The molecule has 0 saturated carbocycles. The Bertz CT molecular complexity index is 1250. The normalized spacial score (nSPS) is 16.9. The van der Waals surface area contributed by atoms with Crippen LogP contribution in [-0.2, 0) is 9.59 Å². The minimum absolute atomic E-state index is 0.0171. The third-order valence-corrected chi connectivity index (χ3v) is 7.12. The van der Waals surface area contributed by atoms with Crippen LogP contribution in [0.15, 0.2) is 84.9 Å². The van der Waals surface area contributed by atoms with Crippen LogP contribution in [0.25, 0.3) is 0 Å². The highest BCUT2D eigenvalue weighted by Gasteiger charge is 2.54. The Morgan fingerprint density at radius 1 is 0.889 bits per heavy atom. The number of aryl methyl sites for hydroxylation is 1. The van der Waals surface area contributed by atoms with Crippen LogP contribution in [0, 0.1) is 6.92 Å². The third-order valence-electron chi connectivity index (χ3n) is 7.12. The van der Waals surface area contributed by atoms with Gasteiger partial charge < -0.3 is 20.0 Å². The Morgan fingerprint density at radius 2 is 1.56 bits per heavy atom. The molecule has 3 aromatic carbocycles. The Labute approximate surface area is 211 Å². The third kappa shape index (κ3) is 4.56. The number of hydrogen-bond donors (Lipinski definition) is 1. The van der Waals surface area contributed by atoms with Gasteiger partial charge in [0.2, 0.25) is 5.91 Å². The van der Waals surface area contributed by atoms with E-state index in [0.29, 0.717) is 43.9 Å². The summed E-state index contributed by atoms with van der Waals surface area (Å²) in [6.45, 7) is 3.23. The summed E-state index contributed by atoms with van der Waals surface area (Å²) in [5.74, 6) is -0.301. The van der Waals surface area contributed by atoms with Crippen LogP contribution in [0.1, 0.15) is 28.8 Å². The van der Waals surface area contributed by atoms with E-state index in [1.165, 1.54) is 0 Å². The van der Waals surface area contributed by atoms with E-state index in [4.69, 9.17) is 0 Å². The molecule has 0 aromatic heterocycles. The van der Waals surface area contributed by atoms with Crippen molar-refractivity contribution in [1.82, 2.24) is 9.80 Å². The molecule has 2 saturated heterocycles. The minimum Gasteiger partial charge on any atom is -0.339 e. The highest BCUT2D eigenvalue weighted by atomic mass is 16.2. The number of piperidine rings is 1. The Balaban J connectivity index is 1.34. The van der Waals surface area contributed by atoms with Crippen molar-refractivity contribution in [3.05, 3.63) is 96.1 Å². The van der Waals surface area contributed by atoms with Gasteiger partial charge in [-0.25, -0.2) is 0 Å². The van der Waals surface area contributed by atoms with Crippen molar-refractivity contribution in [2.75, 3.05) is 36.5 Å². The number of carbonyl (C=O) groups excluding carboxylic acids is 3. The average molecular weight is 483 g/mol. The van der Waals surface area contributed by atoms with E-state index in [1.54, 1.807) is 4.90 Å². The highest BCUT2D eigenvalue weighted by Crippen LogP contribution is 2.39. The number of likely N-dealkylation sites (tertiary alicyclic amines) is 1. The van der Waals surface area contributed by atoms with Gasteiger partial charge in [-0.2, -0.15) is 0 Å². The van der Waals surface area contributed by atoms with Crippen LogP contribution in [-0.4, -0.2) is 59.4 Å². The van der Waals surface area contributed by atoms with Gasteiger partial charge in [-0.15, -0.1) is 0 Å². The van der Waals surface area contributed by atoms with E-state index in [-0.39, 0.29) is 24.3 Å². The summed E-state index contributed by atoms with van der Waals surface area (Å²) < 4.78 is 0. The number of nitrogens with zero attached hydrogens (tertiary/aromatic N) is 3. The fourth-order valence-electron chi connectivity index (χ4n) is 5.26. The van der Waals surface area contributed by atoms with Crippen molar-refractivity contribution in [3.8, 4) is 0 Å². The summed E-state index contributed by atoms with van der Waals surface area (Å²) in [4.78, 5) is 45.3. The molecule has 0 bridgehead atoms. The van der Waals surface area contributed by atoms with Crippen LogP contribution in [0.4, 0.5) is 11.4 Å². The standard InChI is InChI=1S/C29H30N4O3/c1-22-9-8-12-24(19-22)30-26(34)20-32-21-33(25-13-6-3-7-14-25)29(28(32)36)15-17-31(18-16-29)27(35)23-10-4-2-5-11-23/h2-14,19H,15-18,20-21H2,1H3,(H,30,34). The summed E-state index contributed by atoms with van der Waals surface area (Å²) in [6.07, 6.45) is 1.02. The SMILES string of the molecule is Cc1cccc(NC(=O)CN2CN(c3ccccc3)C3(CCN(C(=O)c4ccccc4)CC3)C2=O)c1. The van der Waals surface area contributed by atoms with E-state index < -0.39 is 5.54 Å². The van der Waals surface area contributed by atoms with Crippen molar-refractivity contribution < 1.29 is 14.4 Å². The number of benzene rings is 3. The maximum Gasteiger partial charge on any atom is 0.253 e. The predicted octanol–water partition coefficient (Wildman–Crippen LogP) is 3.91. The first-order valence-electron chi connectivity index (χ1n) is 12.3. The maximum absolute atomic E-state index is 13.9. The number of anilines is 2. The lowest BCUT2D eigenvalue weighted by Gasteiger charge is -2.43. The van der Waals surface area contributed by atoms with E-state index in [9.17, 15) is 14.4 Å². The van der Waals surface area contributed by atoms with Crippen molar-refractivity contribution in [2.45, 2.75) is 25.3 Å². The summed E-state index contributed by atoms with van der Waals surface area (Å²) in [7, 11) is 0. The van der Waals surface area contributed by atoms with Gasteiger partial charge in [0.15, 0.2) is 0 Å². The smallest absolute Gasteiger partial charge is 0.253 e. The molecule has 0 atom stereocenters. The molecule has 2 heterocycles. The molecule has 7 nitrogen and oxygen atoms in total. The Kier molecular flexibility index (Phi) is 6.46. The molecular weight excluding hydrogens is 452 g/mol. The first-order chi connectivity index (χ1) is 17.5. The van der Waals surface area contributed by atoms with E-state index in [1.807, 2.05) is 96.8 Å². The second kappa shape index (κ2) is 9.85. The second-order valence-corrected chi connectivity index (χ2v) is 9.52. The quantitative estimate of drug-likeness (QED) is 0.599. The van der Waals surface area contributed by atoms with E-state index >= 15 is 0 Å². The van der Waals surface area contributed by atoms with Gasteiger partial charge in [-0.1, -0.05) is 48.5 Å². The molecule has 0 aliphatic carbocycles. The molecule has 5 rings (SSSR count). The number of carbonyl (C=O) groups is 3. The number of rotatable bonds is 5. The van der Waals surface area contributed by atoms with Crippen LogP contribution in [0.5, 0.6) is 0 Å². The molecule has 0 radical (unpaired) electrons. The fourth-order valence-corrected chi connectivity index (χ4v) is 5.26. The molecule has 3 amide bonds. The van der Waals surface area contributed by atoms with Gasteiger partial charge in [0.1, 0.15) is 12.1 Å². The first-order valence-corrected chi connectivity index (χ1v) is 12.3. The summed E-state index contributed by atoms with van der Waals surface area (Å²) >= 11 is 0. The van der Waals surface area contributed by atoms with Crippen molar-refractivity contribution in [2.24, 2.45) is 0 Å². The van der Waals surface area contributed by atoms with Crippen molar-refractivity contribution in [1.29, 1.82) is 0 Å². The summed E-state index contributed by atoms with van der Waals surface area (Å²) in [5, 5.41) is 2.91. The van der Waals surface area contributed by atoms with Crippen molar-refractivity contribution in [3.63, 3.8) is 0 Å². The summed E-state index contributed by atoms with van der Waals surface area (Å²) in [5.41, 5.74) is 2.58. The predicted molar refractivity (Wildman–Crippen MR) is 140 cm³/mol. The number of para-hydroxylation sites is 1. The van der Waals surface area contributed by atoms with Gasteiger partial charge in [0.05, 0.1) is 6.67 Å². The molecule has 3 aromatic rings. The van der Waals surface area contributed by atoms with Gasteiger partial charge in [-0.3, -0.25) is 14.4 Å².